The zero-order valence-corrected chi connectivity index (χ0v) is 11.2. The lowest BCUT2D eigenvalue weighted by atomic mass is 9.92. The summed E-state index contributed by atoms with van der Waals surface area (Å²) in [6, 6.07) is 4.17. The van der Waals surface area contributed by atoms with Gasteiger partial charge >= 0.3 is 6.18 Å². The monoisotopic (exact) mass is 272 g/mol. The number of nitrogen functional groups attached to an aromatic ring is 1. The van der Waals surface area contributed by atoms with E-state index in [1.807, 2.05) is 11.8 Å². The molecule has 0 radical (unpaired) electrons. The molecule has 1 fully saturated rings. The van der Waals surface area contributed by atoms with Gasteiger partial charge in [-0.15, -0.1) is 0 Å². The summed E-state index contributed by atoms with van der Waals surface area (Å²) in [4.78, 5) is 1.85. The van der Waals surface area contributed by atoms with E-state index in [0.717, 1.165) is 18.9 Å². The first-order valence-corrected chi connectivity index (χ1v) is 6.52. The van der Waals surface area contributed by atoms with Gasteiger partial charge in [0.05, 0.1) is 5.56 Å². The molecule has 1 heterocycles. The molecule has 2 atom stereocenters. The van der Waals surface area contributed by atoms with Crippen molar-refractivity contribution in [3.05, 3.63) is 23.8 Å². The van der Waals surface area contributed by atoms with Crippen molar-refractivity contribution in [2.75, 3.05) is 17.2 Å². The number of benzene rings is 1. The van der Waals surface area contributed by atoms with Gasteiger partial charge in [-0.2, -0.15) is 13.2 Å². The Morgan fingerprint density at radius 2 is 1.95 bits per heavy atom. The number of rotatable bonds is 1. The average Bonchev–Trinajstić information content (AvgIpc) is 2.28. The van der Waals surface area contributed by atoms with E-state index in [4.69, 9.17) is 5.73 Å². The number of piperidine rings is 1. The summed E-state index contributed by atoms with van der Waals surface area (Å²) in [5.74, 6) is 0.564. The normalized spacial score (nSPS) is 24.6. The fourth-order valence-electron chi connectivity index (χ4n) is 2.80. The van der Waals surface area contributed by atoms with Gasteiger partial charge in [-0.05, 0) is 43.9 Å². The topological polar surface area (TPSA) is 29.3 Å². The lowest BCUT2D eigenvalue weighted by molar-refractivity contribution is -0.137. The second-order valence-corrected chi connectivity index (χ2v) is 5.45. The van der Waals surface area contributed by atoms with Gasteiger partial charge < -0.3 is 10.6 Å². The van der Waals surface area contributed by atoms with E-state index in [2.05, 4.69) is 6.92 Å². The number of hydrogen-bond donors (Lipinski definition) is 1. The number of alkyl halides is 3. The molecule has 1 aromatic rings. The molecule has 0 saturated carbocycles. The lowest BCUT2D eigenvalue weighted by Gasteiger charge is -2.39. The Bertz CT molecular complexity index is 456. The van der Waals surface area contributed by atoms with Crippen molar-refractivity contribution in [1.29, 1.82) is 0 Å². The molecule has 0 spiro atoms. The molecule has 0 bridgehead atoms. The minimum absolute atomic E-state index is 0.119. The standard InChI is InChI=1S/C14H19F3N2/c1-9-5-6-19(10(2)7-9)13-4-3-11(18)8-12(13)14(15,16)17/h3-4,8-10H,5-7,18H2,1-2H3. The van der Waals surface area contributed by atoms with Crippen LogP contribution >= 0.6 is 0 Å². The fraction of sp³-hybridized carbons (Fsp3) is 0.571. The summed E-state index contributed by atoms with van der Waals surface area (Å²) in [7, 11) is 0. The van der Waals surface area contributed by atoms with Gasteiger partial charge in [0.25, 0.3) is 0 Å². The van der Waals surface area contributed by atoms with Gasteiger partial charge in [0, 0.05) is 24.0 Å². The van der Waals surface area contributed by atoms with Crippen LogP contribution in [0.2, 0.25) is 0 Å². The number of hydrogen-bond acceptors (Lipinski definition) is 2. The second-order valence-electron chi connectivity index (χ2n) is 5.45. The molecule has 1 aliphatic rings. The molecule has 0 aromatic heterocycles. The summed E-state index contributed by atoms with van der Waals surface area (Å²) in [6.07, 6.45) is -2.53. The first kappa shape index (κ1) is 14.0. The Balaban J connectivity index is 2.39. The van der Waals surface area contributed by atoms with Gasteiger partial charge in [-0.3, -0.25) is 0 Å². The highest BCUT2D eigenvalue weighted by Crippen LogP contribution is 2.40. The molecule has 0 amide bonds. The highest BCUT2D eigenvalue weighted by Gasteiger charge is 2.36. The minimum atomic E-state index is -4.37. The SMILES string of the molecule is CC1CCN(c2ccc(N)cc2C(F)(F)F)C(C)C1. The second kappa shape index (κ2) is 4.94. The van der Waals surface area contributed by atoms with Crippen molar-refractivity contribution in [3.63, 3.8) is 0 Å². The van der Waals surface area contributed by atoms with E-state index in [1.165, 1.54) is 12.1 Å². The molecular formula is C14H19F3N2. The van der Waals surface area contributed by atoms with Crippen molar-refractivity contribution in [1.82, 2.24) is 0 Å². The molecular weight excluding hydrogens is 253 g/mol. The molecule has 1 aromatic carbocycles. The highest BCUT2D eigenvalue weighted by atomic mass is 19.4. The predicted molar refractivity (Wildman–Crippen MR) is 71.1 cm³/mol. The van der Waals surface area contributed by atoms with E-state index in [-0.39, 0.29) is 17.4 Å². The van der Waals surface area contributed by atoms with Gasteiger partial charge in [-0.25, -0.2) is 0 Å². The molecule has 2 rings (SSSR count). The summed E-state index contributed by atoms with van der Waals surface area (Å²) in [5, 5.41) is 0. The maximum absolute atomic E-state index is 13.1. The van der Waals surface area contributed by atoms with Crippen molar-refractivity contribution < 1.29 is 13.2 Å². The van der Waals surface area contributed by atoms with Crippen molar-refractivity contribution in [3.8, 4) is 0 Å². The van der Waals surface area contributed by atoms with Crippen LogP contribution in [0.15, 0.2) is 18.2 Å². The highest BCUT2D eigenvalue weighted by molar-refractivity contribution is 5.61. The molecule has 2 unspecified atom stereocenters. The van der Waals surface area contributed by atoms with Crippen LogP contribution in [0, 0.1) is 5.92 Å². The molecule has 19 heavy (non-hydrogen) atoms. The molecule has 0 aliphatic carbocycles. The van der Waals surface area contributed by atoms with E-state index in [9.17, 15) is 13.2 Å². The minimum Gasteiger partial charge on any atom is -0.399 e. The largest absolute Gasteiger partial charge is 0.418 e. The molecule has 2 N–H and O–H groups in total. The number of nitrogens with two attached hydrogens (primary N) is 1. The molecule has 1 aliphatic heterocycles. The fourth-order valence-corrected chi connectivity index (χ4v) is 2.80. The summed E-state index contributed by atoms with van der Waals surface area (Å²) in [5.41, 5.74) is 5.26. The maximum atomic E-state index is 13.1. The van der Waals surface area contributed by atoms with Crippen LogP contribution < -0.4 is 10.6 Å². The van der Waals surface area contributed by atoms with Crippen LogP contribution in [0.5, 0.6) is 0 Å². The van der Waals surface area contributed by atoms with E-state index < -0.39 is 11.7 Å². The van der Waals surface area contributed by atoms with Crippen molar-refractivity contribution in [2.45, 2.75) is 38.9 Å². The lowest BCUT2D eigenvalue weighted by Crippen LogP contribution is -2.41. The smallest absolute Gasteiger partial charge is 0.399 e. The number of anilines is 2. The average molecular weight is 272 g/mol. The van der Waals surface area contributed by atoms with Crippen LogP contribution in [0.4, 0.5) is 24.5 Å². The first-order chi connectivity index (χ1) is 8.79. The molecule has 106 valence electrons. The number of halogens is 3. The van der Waals surface area contributed by atoms with Crippen LogP contribution in [0.25, 0.3) is 0 Å². The summed E-state index contributed by atoms with van der Waals surface area (Å²) < 4.78 is 39.3. The van der Waals surface area contributed by atoms with E-state index in [1.54, 1.807) is 0 Å². The molecule has 1 saturated heterocycles. The van der Waals surface area contributed by atoms with E-state index in [0.29, 0.717) is 12.5 Å². The quantitative estimate of drug-likeness (QED) is 0.785. The first-order valence-electron chi connectivity index (χ1n) is 6.52. The maximum Gasteiger partial charge on any atom is 0.418 e. The zero-order valence-electron chi connectivity index (χ0n) is 11.2. The van der Waals surface area contributed by atoms with Crippen LogP contribution in [-0.2, 0) is 6.18 Å². The Morgan fingerprint density at radius 1 is 1.26 bits per heavy atom. The molecule has 2 nitrogen and oxygen atoms in total. The third-order valence-corrected chi connectivity index (χ3v) is 3.77. The third kappa shape index (κ3) is 2.96. The number of nitrogens with zero attached hydrogens (tertiary/aromatic N) is 1. The van der Waals surface area contributed by atoms with Crippen LogP contribution in [-0.4, -0.2) is 12.6 Å². The van der Waals surface area contributed by atoms with Gasteiger partial charge in [0.15, 0.2) is 0 Å². The third-order valence-electron chi connectivity index (χ3n) is 3.77. The Labute approximate surface area is 111 Å². The zero-order chi connectivity index (χ0) is 14.2. The Hall–Kier alpha value is -1.39. The molecule has 5 heteroatoms. The summed E-state index contributed by atoms with van der Waals surface area (Å²) in [6.45, 7) is 4.78. The van der Waals surface area contributed by atoms with Crippen molar-refractivity contribution in [2.24, 2.45) is 5.92 Å². The predicted octanol–water partition coefficient (Wildman–Crippen LogP) is 3.91. The van der Waals surface area contributed by atoms with Gasteiger partial charge in [0.1, 0.15) is 0 Å². The van der Waals surface area contributed by atoms with Gasteiger partial charge in [-0.1, -0.05) is 6.92 Å². The Morgan fingerprint density at radius 3 is 2.53 bits per heavy atom. The Kier molecular flexibility index (Phi) is 3.65. The van der Waals surface area contributed by atoms with E-state index >= 15 is 0 Å². The van der Waals surface area contributed by atoms with Crippen LogP contribution in [0.3, 0.4) is 0 Å². The van der Waals surface area contributed by atoms with Gasteiger partial charge in [0.2, 0.25) is 0 Å². The summed E-state index contributed by atoms with van der Waals surface area (Å²) >= 11 is 0. The van der Waals surface area contributed by atoms with Crippen molar-refractivity contribution >= 4 is 11.4 Å². The van der Waals surface area contributed by atoms with Crippen LogP contribution in [0.1, 0.15) is 32.3 Å².